The van der Waals surface area contributed by atoms with E-state index in [4.69, 9.17) is 11.5 Å². The quantitative estimate of drug-likeness (QED) is 0.630. The van der Waals surface area contributed by atoms with E-state index in [9.17, 15) is 13.2 Å². The van der Waals surface area contributed by atoms with Crippen molar-refractivity contribution in [3.05, 3.63) is 23.8 Å². The Morgan fingerprint density at radius 2 is 2.06 bits per heavy atom. The molecule has 0 aliphatic heterocycles. The third-order valence-corrected chi connectivity index (χ3v) is 3.88. The molecule has 94 valence electrons. The van der Waals surface area contributed by atoms with Crippen molar-refractivity contribution < 1.29 is 13.2 Å². The number of carbonyl (C=O) groups excluding carboxylic acids is 1. The minimum absolute atomic E-state index is 0.0219. The molecule has 0 radical (unpaired) electrons. The van der Waals surface area contributed by atoms with Crippen LogP contribution in [0.2, 0.25) is 0 Å². The first-order valence-corrected chi connectivity index (χ1v) is 6.46. The summed E-state index contributed by atoms with van der Waals surface area (Å²) in [6, 6.07) is 4.64. The Kier molecular flexibility index (Phi) is 4.08. The molecule has 1 amide bonds. The van der Waals surface area contributed by atoms with E-state index in [0.717, 1.165) is 0 Å². The minimum Gasteiger partial charge on any atom is -0.398 e. The fraction of sp³-hybridized carbons (Fsp3) is 0.300. The fourth-order valence-corrected chi connectivity index (χ4v) is 2.61. The van der Waals surface area contributed by atoms with Crippen LogP contribution in [-0.4, -0.2) is 20.9 Å². The first-order chi connectivity index (χ1) is 7.84. The van der Waals surface area contributed by atoms with E-state index in [1.807, 2.05) is 0 Å². The maximum atomic E-state index is 11.9. The Hall–Kier alpha value is -1.60. The number of anilines is 1. The largest absolute Gasteiger partial charge is 0.398 e. The number of carbonyl (C=O) groups is 1. The van der Waals surface area contributed by atoms with E-state index in [1.165, 1.54) is 6.07 Å². The molecular weight excluding hydrogens is 242 g/mol. The number of amides is 1. The molecule has 0 atom stereocenters. The van der Waals surface area contributed by atoms with E-state index in [1.54, 1.807) is 19.1 Å². The molecule has 0 aliphatic carbocycles. The average Bonchev–Trinajstić information content (AvgIpc) is 2.21. The van der Waals surface area contributed by atoms with Crippen LogP contribution in [0.5, 0.6) is 0 Å². The molecule has 1 aromatic rings. The van der Waals surface area contributed by atoms with E-state index in [0.29, 0.717) is 11.3 Å². The molecule has 17 heavy (non-hydrogen) atoms. The number of rotatable bonds is 5. The van der Waals surface area contributed by atoms with Gasteiger partial charge < -0.3 is 11.5 Å². The number of nitrogens with one attached hydrogen (secondary N) is 1. The van der Waals surface area contributed by atoms with Gasteiger partial charge in [-0.15, -0.1) is 0 Å². The number of nitrogens with two attached hydrogens (primary N) is 2. The third-order valence-electron chi connectivity index (χ3n) is 2.28. The average molecular weight is 257 g/mol. The summed E-state index contributed by atoms with van der Waals surface area (Å²) >= 11 is 0. The van der Waals surface area contributed by atoms with Crippen molar-refractivity contribution in [1.29, 1.82) is 0 Å². The second-order valence-electron chi connectivity index (χ2n) is 3.58. The van der Waals surface area contributed by atoms with E-state index in [2.05, 4.69) is 4.72 Å². The SMILES string of the molecule is Cc1c(N)cccc1S(=O)(=O)NCCC(N)=O. The second-order valence-corrected chi connectivity index (χ2v) is 5.32. The van der Waals surface area contributed by atoms with Crippen molar-refractivity contribution in [3.63, 3.8) is 0 Å². The molecule has 5 N–H and O–H groups in total. The summed E-state index contributed by atoms with van der Waals surface area (Å²) in [4.78, 5) is 10.6. The van der Waals surface area contributed by atoms with Gasteiger partial charge >= 0.3 is 0 Å². The number of hydrogen-bond acceptors (Lipinski definition) is 4. The van der Waals surface area contributed by atoms with Gasteiger partial charge in [0.05, 0.1) is 4.90 Å². The zero-order valence-electron chi connectivity index (χ0n) is 9.43. The molecule has 0 heterocycles. The summed E-state index contributed by atoms with van der Waals surface area (Å²) in [5.41, 5.74) is 11.4. The van der Waals surface area contributed by atoms with Gasteiger partial charge in [0.25, 0.3) is 0 Å². The van der Waals surface area contributed by atoms with Crippen LogP contribution in [0.1, 0.15) is 12.0 Å². The van der Waals surface area contributed by atoms with Crippen LogP contribution in [0, 0.1) is 6.92 Å². The fourth-order valence-electron chi connectivity index (χ4n) is 1.31. The van der Waals surface area contributed by atoms with Gasteiger partial charge in [0.2, 0.25) is 15.9 Å². The Bertz CT molecular complexity index is 526. The van der Waals surface area contributed by atoms with Crippen molar-refractivity contribution in [1.82, 2.24) is 4.72 Å². The number of hydrogen-bond donors (Lipinski definition) is 3. The molecule has 0 bridgehead atoms. The maximum absolute atomic E-state index is 11.9. The lowest BCUT2D eigenvalue weighted by Crippen LogP contribution is -2.28. The van der Waals surface area contributed by atoms with Gasteiger partial charge in [-0.2, -0.15) is 0 Å². The van der Waals surface area contributed by atoms with Crippen LogP contribution >= 0.6 is 0 Å². The topological polar surface area (TPSA) is 115 Å². The molecule has 0 fully saturated rings. The van der Waals surface area contributed by atoms with Crippen LogP contribution in [0.15, 0.2) is 23.1 Å². The van der Waals surface area contributed by atoms with E-state index in [-0.39, 0.29) is 17.9 Å². The van der Waals surface area contributed by atoms with Crippen LogP contribution < -0.4 is 16.2 Å². The highest BCUT2D eigenvalue weighted by Crippen LogP contribution is 2.19. The van der Waals surface area contributed by atoms with E-state index >= 15 is 0 Å². The Balaban J connectivity index is 2.90. The molecule has 1 aromatic carbocycles. The Morgan fingerprint density at radius 3 is 2.65 bits per heavy atom. The molecule has 0 spiro atoms. The lowest BCUT2D eigenvalue weighted by Gasteiger charge is -2.10. The first kappa shape index (κ1) is 13.5. The van der Waals surface area contributed by atoms with Crippen molar-refractivity contribution in [2.45, 2.75) is 18.2 Å². The van der Waals surface area contributed by atoms with Crippen molar-refractivity contribution in [2.24, 2.45) is 5.73 Å². The van der Waals surface area contributed by atoms with Crippen molar-refractivity contribution >= 4 is 21.6 Å². The summed E-state index contributed by atoms with van der Waals surface area (Å²) < 4.78 is 26.0. The second kappa shape index (κ2) is 5.15. The van der Waals surface area contributed by atoms with Crippen LogP contribution in [-0.2, 0) is 14.8 Å². The van der Waals surface area contributed by atoms with Gasteiger partial charge in [-0.1, -0.05) is 6.07 Å². The minimum atomic E-state index is -3.65. The standard InChI is InChI=1S/C10H15N3O3S/c1-7-8(11)3-2-4-9(7)17(15,16)13-6-5-10(12)14/h2-4,13H,5-6,11H2,1H3,(H2,12,14). The van der Waals surface area contributed by atoms with Gasteiger partial charge in [-0.3, -0.25) is 4.79 Å². The highest BCUT2D eigenvalue weighted by molar-refractivity contribution is 7.89. The van der Waals surface area contributed by atoms with Gasteiger partial charge in [-0.25, -0.2) is 13.1 Å². The monoisotopic (exact) mass is 257 g/mol. The highest BCUT2D eigenvalue weighted by atomic mass is 32.2. The van der Waals surface area contributed by atoms with Gasteiger partial charge in [0.15, 0.2) is 0 Å². The van der Waals surface area contributed by atoms with Crippen molar-refractivity contribution in [2.75, 3.05) is 12.3 Å². The predicted octanol–water partition coefficient (Wildman–Crippen LogP) is -0.269. The summed E-state index contributed by atoms with van der Waals surface area (Å²) in [7, 11) is -3.65. The zero-order chi connectivity index (χ0) is 13.1. The number of benzene rings is 1. The normalized spacial score (nSPS) is 11.4. The number of nitrogen functional groups attached to an aromatic ring is 1. The molecule has 1 rings (SSSR count). The van der Waals surface area contributed by atoms with Crippen LogP contribution in [0.25, 0.3) is 0 Å². The summed E-state index contributed by atoms with van der Waals surface area (Å²) in [5, 5.41) is 0. The first-order valence-electron chi connectivity index (χ1n) is 4.97. The summed E-state index contributed by atoms with van der Waals surface area (Å²) in [5.74, 6) is -0.558. The molecule has 6 nitrogen and oxygen atoms in total. The highest BCUT2D eigenvalue weighted by Gasteiger charge is 2.17. The summed E-state index contributed by atoms with van der Waals surface area (Å²) in [6.07, 6.45) is -0.0411. The molecule has 0 saturated heterocycles. The summed E-state index contributed by atoms with van der Waals surface area (Å²) in [6.45, 7) is 1.60. The molecule has 0 saturated carbocycles. The van der Waals surface area contributed by atoms with Crippen molar-refractivity contribution in [3.8, 4) is 0 Å². The predicted molar refractivity (Wildman–Crippen MR) is 64.6 cm³/mol. The maximum Gasteiger partial charge on any atom is 0.240 e. The molecule has 0 unspecified atom stereocenters. The lowest BCUT2D eigenvalue weighted by molar-refractivity contribution is -0.117. The van der Waals surface area contributed by atoms with Crippen LogP contribution in [0.3, 0.4) is 0 Å². The van der Waals surface area contributed by atoms with Gasteiger partial charge in [-0.05, 0) is 24.6 Å². The molecule has 7 heteroatoms. The van der Waals surface area contributed by atoms with Crippen LogP contribution in [0.4, 0.5) is 5.69 Å². The Labute approximate surface area is 100 Å². The molecule has 0 aliphatic rings. The van der Waals surface area contributed by atoms with E-state index < -0.39 is 15.9 Å². The zero-order valence-corrected chi connectivity index (χ0v) is 10.3. The smallest absolute Gasteiger partial charge is 0.240 e. The van der Waals surface area contributed by atoms with Gasteiger partial charge in [0, 0.05) is 18.7 Å². The number of primary amides is 1. The third kappa shape index (κ3) is 3.43. The molecule has 0 aromatic heterocycles. The lowest BCUT2D eigenvalue weighted by atomic mass is 10.2. The van der Waals surface area contributed by atoms with Gasteiger partial charge in [0.1, 0.15) is 0 Å². The Morgan fingerprint density at radius 1 is 1.41 bits per heavy atom. The number of sulfonamides is 1. The molecular formula is C10H15N3O3S.